The van der Waals surface area contributed by atoms with Crippen molar-refractivity contribution < 1.29 is 9.90 Å². The summed E-state index contributed by atoms with van der Waals surface area (Å²) in [6.45, 7) is 9.36. The maximum Gasteiger partial charge on any atom is 0.304 e. The first-order valence-electron chi connectivity index (χ1n) is 10.3. The summed E-state index contributed by atoms with van der Waals surface area (Å²) in [6, 6.07) is 11.9. The number of allylic oxidation sites excluding steroid dienone is 2. The van der Waals surface area contributed by atoms with Crippen molar-refractivity contribution in [3.63, 3.8) is 0 Å². The lowest BCUT2D eigenvalue weighted by molar-refractivity contribution is -0.136. The summed E-state index contributed by atoms with van der Waals surface area (Å²) < 4.78 is 0. The van der Waals surface area contributed by atoms with Crippen LogP contribution in [0.3, 0.4) is 0 Å². The number of aromatic nitrogens is 1. The molecule has 0 spiro atoms. The van der Waals surface area contributed by atoms with Crippen molar-refractivity contribution in [3.8, 4) is 0 Å². The Labute approximate surface area is 184 Å². The van der Waals surface area contributed by atoms with Gasteiger partial charge in [0, 0.05) is 50.0 Å². The molecule has 0 amide bonds. The molecule has 31 heavy (non-hydrogen) atoms. The highest BCUT2D eigenvalue weighted by molar-refractivity contribution is 6.22. The first-order valence-corrected chi connectivity index (χ1v) is 10.3. The normalized spacial score (nSPS) is 12.7. The lowest BCUT2D eigenvalue weighted by Gasteiger charge is -2.12. The summed E-state index contributed by atoms with van der Waals surface area (Å²) in [5.74, 6) is -0.801. The van der Waals surface area contributed by atoms with Crippen LogP contribution >= 0.6 is 0 Å². The number of aliphatic imine (C=N–C) groups is 2. The number of pyridine rings is 1. The van der Waals surface area contributed by atoms with Crippen LogP contribution in [0, 0.1) is 0 Å². The Kier molecular flexibility index (Phi) is 9.52. The van der Waals surface area contributed by atoms with Gasteiger partial charge in [-0.2, -0.15) is 0 Å². The van der Waals surface area contributed by atoms with Gasteiger partial charge in [-0.05, 0) is 47.7 Å². The third kappa shape index (κ3) is 7.42. The highest BCUT2D eigenvalue weighted by Crippen LogP contribution is 2.22. The van der Waals surface area contributed by atoms with Gasteiger partial charge in [-0.15, -0.1) is 0 Å². The summed E-state index contributed by atoms with van der Waals surface area (Å²) in [5.41, 5.74) is 6.77. The molecule has 6 heteroatoms. The lowest BCUT2D eigenvalue weighted by Crippen LogP contribution is -2.17. The number of rotatable bonds is 11. The van der Waals surface area contributed by atoms with Crippen molar-refractivity contribution in [1.82, 2.24) is 10.3 Å². The molecule has 0 aliphatic heterocycles. The fraction of sp³-hybridized carbons (Fsp3) is 0.280. The number of hydrogen-bond donors (Lipinski definition) is 2. The van der Waals surface area contributed by atoms with Crippen molar-refractivity contribution in [2.75, 3.05) is 13.6 Å². The van der Waals surface area contributed by atoms with Gasteiger partial charge in [0.05, 0.1) is 12.1 Å². The molecule has 1 aromatic heterocycles. The Morgan fingerprint density at radius 3 is 2.42 bits per heavy atom. The Morgan fingerprint density at radius 2 is 1.84 bits per heavy atom. The van der Waals surface area contributed by atoms with Gasteiger partial charge in [-0.25, -0.2) is 0 Å². The van der Waals surface area contributed by atoms with Crippen LogP contribution in [0.5, 0.6) is 0 Å². The molecule has 0 bridgehead atoms. The summed E-state index contributed by atoms with van der Waals surface area (Å²) >= 11 is 0. The smallest absolute Gasteiger partial charge is 0.304 e. The summed E-state index contributed by atoms with van der Waals surface area (Å²) in [5, 5.41) is 11.8. The van der Waals surface area contributed by atoms with Crippen LogP contribution in [0.2, 0.25) is 0 Å². The van der Waals surface area contributed by atoms with Crippen LogP contribution in [-0.2, 0) is 11.3 Å². The van der Waals surface area contributed by atoms with E-state index < -0.39 is 5.97 Å². The number of benzene rings is 1. The molecule has 2 aromatic rings. The summed E-state index contributed by atoms with van der Waals surface area (Å²) in [7, 11) is 1.76. The molecule has 6 nitrogen and oxygen atoms in total. The molecule has 1 aromatic carbocycles. The van der Waals surface area contributed by atoms with Gasteiger partial charge in [0.1, 0.15) is 0 Å². The second kappa shape index (κ2) is 12.3. The van der Waals surface area contributed by atoms with Crippen LogP contribution in [0.25, 0.3) is 11.3 Å². The molecule has 0 unspecified atom stereocenters. The molecule has 0 aliphatic carbocycles. The van der Waals surface area contributed by atoms with Crippen LogP contribution in [0.4, 0.5) is 0 Å². The van der Waals surface area contributed by atoms with E-state index in [1.165, 1.54) is 0 Å². The molecule has 1 heterocycles. The second-order valence-corrected chi connectivity index (χ2v) is 7.04. The van der Waals surface area contributed by atoms with Crippen LogP contribution in [-0.4, -0.2) is 41.6 Å². The fourth-order valence-electron chi connectivity index (χ4n) is 3.07. The van der Waals surface area contributed by atoms with Gasteiger partial charge in [-0.1, -0.05) is 37.8 Å². The second-order valence-electron chi connectivity index (χ2n) is 7.04. The largest absolute Gasteiger partial charge is 0.481 e. The monoisotopic (exact) mass is 418 g/mol. The van der Waals surface area contributed by atoms with E-state index in [1.54, 1.807) is 19.4 Å². The number of hydrogen-bond acceptors (Lipinski definition) is 5. The Morgan fingerprint density at radius 1 is 1.16 bits per heavy atom. The van der Waals surface area contributed by atoms with E-state index >= 15 is 0 Å². The Balaban J connectivity index is 2.20. The lowest BCUT2D eigenvalue weighted by atomic mass is 9.98. The molecule has 0 saturated carbocycles. The third-order valence-corrected chi connectivity index (χ3v) is 4.82. The van der Waals surface area contributed by atoms with E-state index in [1.807, 2.05) is 42.6 Å². The van der Waals surface area contributed by atoms with Gasteiger partial charge < -0.3 is 10.4 Å². The zero-order chi connectivity index (χ0) is 22.6. The van der Waals surface area contributed by atoms with E-state index in [9.17, 15) is 4.79 Å². The molecule has 0 atom stereocenters. The predicted octanol–water partition coefficient (Wildman–Crippen LogP) is 4.64. The average molecular weight is 419 g/mol. The molecule has 0 fully saturated rings. The van der Waals surface area contributed by atoms with Gasteiger partial charge in [0.15, 0.2) is 0 Å². The number of carbonyl (C=O) groups is 1. The molecular formula is C25H30N4O2. The quantitative estimate of drug-likeness (QED) is 0.411. The Hall–Kier alpha value is -3.38. The molecule has 0 saturated heterocycles. The van der Waals surface area contributed by atoms with Crippen molar-refractivity contribution >= 4 is 29.2 Å². The number of nitrogens with zero attached hydrogens (tertiary/aromatic N) is 3. The third-order valence-electron chi connectivity index (χ3n) is 4.82. The van der Waals surface area contributed by atoms with Crippen molar-refractivity contribution in [1.29, 1.82) is 0 Å². The average Bonchev–Trinajstić information content (AvgIpc) is 2.79. The van der Waals surface area contributed by atoms with E-state index in [-0.39, 0.29) is 6.42 Å². The Bertz CT molecular complexity index is 974. The zero-order valence-corrected chi connectivity index (χ0v) is 18.4. The first kappa shape index (κ1) is 23.9. The van der Waals surface area contributed by atoms with Crippen molar-refractivity contribution in [3.05, 3.63) is 77.6 Å². The molecule has 162 valence electrons. The van der Waals surface area contributed by atoms with Gasteiger partial charge in [-0.3, -0.25) is 19.8 Å². The van der Waals surface area contributed by atoms with Gasteiger partial charge in [0.25, 0.3) is 0 Å². The standard InChI is InChI=1S/C25H30N4O2/c1-5-24(23(17-26-4)18(2)21-10-13-27-14-11-21)29-19(3)22-8-6-20(7-9-22)16-28-15-12-25(30)31/h6-11,13-14,17,28H,3,5,12,15-16H2,1-2,4H3,(H,30,31)/b23-18-,26-17?,29-24?. The molecule has 2 N–H and O–H groups in total. The van der Waals surface area contributed by atoms with Crippen LogP contribution in [0.1, 0.15) is 43.4 Å². The molecule has 0 aliphatic rings. The maximum absolute atomic E-state index is 10.6. The number of aliphatic carboxylic acids is 1. The van der Waals surface area contributed by atoms with Crippen molar-refractivity contribution in [2.45, 2.75) is 33.2 Å². The van der Waals surface area contributed by atoms with Gasteiger partial charge >= 0.3 is 5.97 Å². The molecular weight excluding hydrogens is 388 g/mol. The minimum atomic E-state index is -0.801. The van der Waals surface area contributed by atoms with Crippen molar-refractivity contribution in [2.24, 2.45) is 9.98 Å². The predicted molar refractivity (Wildman–Crippen MR) is 128 cm³/mol. The van der Waals surface area contributed by atoms with E-state index in [2.05, 4.69) is 35.7 Å². The van der Waals surface area contributed by atoms with Crippen LogP contribution < -0.4 is 5.32 Å². The molecule has 2 rings (SSSR count). The first-order chi connectivity index (χ1) is 15.0. The maximum atomic E-state index is 10.6. The zero-order valence-electron chi connectivity index (χ0n) is 18.4. The van der Waals surface area contributed by atoms with E-state index in [0.717, 1.165) is 40.0 Å². The number of carboxylic acids is 1. The van der Waals surface area contributed by atoms with E-state index in [0.29, 0.717) is 18.8 Å². The highest BCUT2D eigenvalue weighted by atomic mass is 16.4. The minimum Gasteiger partial charge on any atom is -0.481 e. The van der Waals surface area contributed by atoms with E-state index in [4.69, 9.17) is 10.1 Å². The minimum absolute atomic E-state index is 0.110. The molecule has 0 radical (unpaired) electrons. The highest BCUT2D eigenvalue weighted by Gasteiger charge is 2.10. The SMILES string of the molecule is C=C(N=C(CC)/C(C=NC)=C(/C)c1ccncc1)c1ccc(CNCCC(=O)O)cc1. The topological polar surface area (TPSA) is 86.9 Å². The van der Waals surface area contributed by atoms with Gasteiger partial charge in [0.2, 0.25) is 0 Å². The summed E-state index contributed by atoms with van der Waals surface area (Å²) in [4.78, 5) is 23.7. The summed E-state index contributed by atoms with van der Waals surface area (Å²) in [6.07, 6.45) is 6.25. The van der Waals surface area contributed by atoms with Crippen LogP contribution in [0.15, 0.2) is 70.9 Å². The fourth-order valence-corrected chi connectivity index (χ4v) is 3.07. The number of carboxylic acid groups (broad SMARTS) is 1. The number of nitrogens with one attached hydrogen (secondary N) is 1.